The summed E-state index contributed by atoms with van der Waals surface area (Å²) in [4.78, 5) is 22.1. The van der Waals surface area contributed by atoms with Gasteiger partial charge in [0.15, 0.2) is 0 Å². The number of aliphatic carboxylic acids is 1. The fourth-order valence-electron chi connectivity index (χ4n) is 3.32. The van der Waals surface area contributed by atoms with Crippen molar-refractivity contribution in [3.05, 3.63) is 0 Å². The number of esters is 1. The fraction of sp³-hybridized carbons (Fsp3) is 0.905. The number of hydrogen-bond acceptors (Lipinski definition) is 3. The zero-order chi connectivity index (χ0) is 19.3. The van der Waals surface area contributed by atoms with E-state index in [-0.39, 0.29) is 23.2 Å². The van der Waals surface area contributed by atoms with Crippen LogP contribution < -0.4 is 0 Å². The van der Waals surface area contributed by atoms with Crippen molar-refractivity contribution in [2.45, 2.75) is 105 Å². The number of rotatable bonds is 15. The molecule has 0 aromatic rings. The van der Waals surface area contributed by atoms with Crippen molar-refractivity contribution in [1.29, 1.82) is 0 Å². The van der Waals surface area contributed by atoms with E-state index in [2.05, 4.69) is 13.8 Å². The van der Waals surface area contributed by atoms with E-state index in [1.165, 1.54) is 52.1 Å². The third kappa shape index (κ3) is 14.9. The number of carboxylic acid groups (broad SMARTS) is 1. The van der Waals surface area contributed by atoms with Crippen LogP contribution in [0.2, 0.25) is 0 Å². The molecule has 4 heteroatoms. The molecule has 0 aliphatic rings. The van der Waals surface area contributed by atoms with Gasteiger partial charge in [-0.2, -0.15) is 0 Å². The van der Waals surface area contributed by atoms with Gasteiger partial charge in [-0.05, 0) is 23.7 Å². The van der Waals surface area contributed by atoms with Crippen molar-refractivity contribution in [2.75, 3.05) is 7.11 Å². The molecule has 4 nitrogen and oxygen atoms in total. The molecule has 0 aliphatic heterocycles. The molecule has 25 heavy (non-hydrogen) atoms. The second kappa shape index (κ2) is 12.3. The third-order valence-corrected chi connectivity index (χ3v) is 4.94. The minimum atomic E-state index is -0.695. The lowest BCUT2D eigenvalue weighted by atomic mass is 9.83. The summed E-state index contributed by atoms with van der Waals surface area (Å²) in [6.07, 6.45) is 12.6. The van der Waals surface area contributed by atoms with Crippen LogP contribution >= 0.6 is 0 Å². The monoisotopic (exact) mass is 356 g/mol. The smallest absolute Gasteiger partial charge is 0.306 e. The zero-order valence-electron chi connectivity index (χ0n) is 17.2. The van der Waals surface area contributed by atoms with Gasteiger partial charge in [-0.15, -0.1) is 0 Å². The van der Waals surface area contributed by atoms with Gasteiger partial charge < -0.3 is 9.84 Å². The van der Waals surface area contributed by atoms with Crippen LogP contribution in [-0.4, -0.2) is 24.2 Å². The molecular weight excluding hydrogens is 316 g/mol. The highest BCUT2D eigenvalue weighted by molar-refractivity contribution is 5.69. The number of carboxylic acids is 1. The Kier molecular flexibility index (Phi) is 11.8. The number of methoxy groups -OCH3 is 1. The molecule has 0 spiro atoms. The minimum Gasteiger partial charge on any atom is -0.481 e. The molecule has 148 valence electrons. The summed E-state index contributed by atoms with van der Waals surface area (Å²) in [6, 6.07) is 0. The SMILES string of the molecule is COC(=O)CC(C)(C)CCCCCCCCCCC(C)(C)CC(=O)O. The third-order valence-electron chi connectivity index (χ3n) is 4.94. The van der Waals surface area contributed by atoms with Gasteiger partial charge >= 0.3 is 11.9 Å². The predicted octanol–water partition coefficient (Wildman–Crippen LogP) is 5.98. The van der Waals surface area contributed by atoms with Crippen LogP contribution in [0, 0.1) is 10.8 Å². The van der Waals surface area contributed by atoms with Gasteiger partial charge in [-0.25, -0.2) is 0 Å². The van der Waals surface area contributed by atoms with Gasteiger partial charge in [0.05, 0.1) is 20.0 Å². The van der Waals surface area contributed by atoms with Gasteiger partial charge in [-0.1, -0.05) is 79.1 Å². The number of unbranched alkanes of at least 4 members (excludes halogenated alkanes) is 7. The Labute approximate surface area is 154 Å². The van der Waals surface area contributed by atoms with Gasteiger partial charge in [0.2, 0.25) is 0 Å². The molecule has 0 aromatic carbocycles. The largest absolute Gasteiger partial charge is 0.481 e. The number of hydrogen-bond donors (Lipinski definition) is 1. The average molecular weight is 357 g/mol. The van der Waals surface area contributed by atoms with Crippen molar-refractivity contribution in [2.24, 2.45) is 10.8 Å². The van der Waals surface area contributed by atoms with E-state index < -0.39 is 5.97 Å². The summed E-state index contributed by atoms with van der Waals surface area (Å²) in [7, 11) is 1.45. The molecule has 0 unspecified atom stereocenters. The Morgan fingerprint density at radius 2 is 1.08 bits per heavy atom. The van der Waals surface area contributed by atoms with Crippen LogP contribution in [0.4, 0.5) is 0 Å². The maximum absolute atomic E-state index is 11.4. The van der Waals surface area contributed by atoms with Crippen LogP contribution in [-0.2, 0) is 14.3 Å². The van der Waals surface area contributed by atoms with E-state index >= 15 is 0 Å². The lowest BCUT2D eigenvalue weighted by Gasteiger charge is -2.23. The van der Waals surface area contributed by atoms with Crippen molar-refractivity contribution < 1.29 is 19.4 Å². The van der Waals surface area contributed by atoms with E-state index in [0.717, 1.165) is 19.3 Å². The van der Waals surface area contributed by atoms with Gasteiger partial charge in [0, 0.05) is 0 Å². The highest BCUT2D eigenvalue weighted by Gasteiger charge is 2.22. The van der Waals surface area contributed by atoms with Crippen molar-refractivity contribution in [3.63, 3.8) is 0 Å². The van der Waals surface area contributed by atoms with Crippen LogP contribution in [0.25, 0.3) is 0 Å². The van der Waals surface area contributed by atoms with E-state index in [1.54, 1.807) is 0 Å². The first-order chi connectivity index (χ1) is 11.6. The van der Waals surface area contributed by atoms with E-state index in [4.69, 9.17) is 9.84 Å². The normalized spacial score (nSPS) is 12.2. The standard InChI is InChI=1S/C21H40O4/c1-20(2,16-18(22)23)14-12-10-8-6-7-9-11-13-15-21(3,4)17-19(24)25-5/h6-17H2,1-5H3,(H,22,23). The first-order valence-corrected chi connectivity index (χ1v) is 9.87. The molecule has 0 aliphatic carbocycles. The Balaban J connectivity index is 3.53. The van der Waals surface area contributed by atoms with Crippen molar-refractivity contribution in [1.82, 2.24) is 0 Å². The van der Waals surface area contributed by atoms with Crippen LogP contribution in [0.15, 0.2) is 0 Å². The van der Waals surface area contributed by atoms with Crippen LogP contribution in [0.3, 0.4) is 0 Å². The second-order valence-corrected chi connectivity index (χ2v) is 8.98. The highest BCUT2D eigenvalue weighted by Crippen LogP contribution is 2.29. The van der Waals surface area contributed by atoms with E-state index in [1.807, 2.05) is 13.8 Å². The summed E-state index contributed by atoms with van der Waals surface area (Å²) in [6.45, 7) is 8.36. The summed E-state index contributed by atoms with van der Waals surface area (Å²) in [5.74, 6) is -0.809. The molecule has 0 aromatic heterocycles. The highest BCUT2D eigenvalue weighted by atomic mass is 16.5. The molecular formula is C21H40O4. The zero-order valence-corrected chi connectivity index (χ0v) is 17.2. The number of carbonyl (C=O) groups excluding carboxylic acids is 1. The molecule has 0 fully saturated rings. The molecule has 0 rings (SSSR count). The Morgan fingerprint density at radius 3 is 1.44 bits per heavy atom. The number of carbonyl (C=O) groups is 2. The van der Waals surface area contributed by atoms with Crippen molar-refractivity contribution >= 4 is 11.9 Å². The molecule has 0 atom stereocenters. The maximum Gasteiger partial charge on any atom is 0.306 e. The van der Waals surface area contributed by atoms with Crippen LogP contribution in [0.1, 0.15) is 105 Å². The second-order valence-electron chi connectivity index (χ2n) is 8.98. The van der Waals surface area contributed by atoms with E-state index in [9.17, 15) is 9.59 Å². The summed E-state index contributed by atoms with van der Waals surface area (Å²) in [5, 5.41) is 8.88. The Morgan fingerprint density at radius 1 is 0.720 bits per heavy atom. The van der Waals surface area contributed by atoms with Crippen molar-refractivity contribution in [3.8, 4) is 0 Å². The summed E-state index contributed by atoms with van der Waals surface area (Å²) < 4.78 is 4.75. The average Bonchev–Trinajstić information content (AvgIpc) is 2.47. The van der Waals surface area contributed by atoms with Gasteiger partial charge in [-0.3, -0.25) is 9.59 Å². The molecule has 1 N–H and O–H groups in total. The topological polar surface area (TPSA) is 63.6 Å². The molecule has 0 amide bonds. The summed E-state index contributed by atoms with van der Waals surface area (Å²) >= 11 is 0. The molecule has 0 radical (unpaired) electrons. The Bertz CT molecular complexity index is 385. The lowest BCUT2D eigenvalue weighted by Crippen LogP contribution is -2.18. The lowest BCUT2D eigenvalue weighted by molar-refractivity contribution is -0.143. The molecule has 0 saturated heterocycles. The molecule has 0 bridgehead atoms. The fourth-order valence-corrected chi connectivity index (χ4v) is 3.32. The first kappa shape index (κ1) is 23.9. The van der Waals surface area contributed by atoms with E-state index in [0.29, 0.717) is 6.42 Å². The first-order valence-electron chi connectivity index (χ1n) is 9.87. The minimum absolute atomic E-state index is 0.0375. The molecule has 0 heterocycles. The predicted molar refractivity (Wildman–Crippen MR) is 103 cm³/mol. The van der Waals surface area contributed by atoms with Gasteiger partial charge in [0.1, 0.15) is 0 Å². The van der Waals surface area contributed by atoms with Gasteiger partial charge in [0.25, 0.3) is 0 Å². The number of ether oxygens (including phenoxy) is 1. The molecule has 0 saturated carbocycles. The Hall–Kier alpha value is -1.06. The maximum atomic E-state index is 11.4. The summed E-state index contributed by atoms with van der Waals surface area (Å²) in [5.41, 5.74) is -0.0430. The van der Waals surface area contributed by atoms with Crippen LogP contribution in [0.5, 0.6) is 0 Å². The quantitative estimate of drug-likeness (QED) is 0.290.